The van der Waals surface area contributed by atoms with E-state index in [-0.39, 0.29) is 5.57 Å². The number of ether oxygens (including phenoxy) is 2. The first-order chi connectivity index (χ1) is 13.5. The van der Waals surface area contributed by atoms with E-state index < -0.39 is 5.91 Å². The molecule has 0 bridgehead atoms. The van der Waals surface area contributed by atoms with Gasteiger partial charge in [0.25, 0.3) is 5.91 Å². The summed E-state index contributed by atoms with van der Waals surface area (Å²) in [6.07, 6.45) is 3.24. The number of nitriles is 1. The number of halogens is 2. The molecular weight excluding hydrogens is 582 g/mol. The van der Waals surface area contributed by atoms with Gasteiger partial charge in [0.2, 0.25) is 0 Å². The molecule has 1 N–H and O–H groups in total. The zero-order valence-electron chi connectivity index (χ0n) is 15.2. The molecule has 0 fully saturated rings. The Bertz CT molecular complexity index is 909. The highest BCUT2D eigenvalue weighted by atomic mass is 127. The van der Waals surface area contributed by atoms with Crippen molar-refractivity contribution >= 4 is 62.9 Å². The summed E-state index contributed by atoms with van der Waals surface area (Å²) in [5, 5.41) is 12.1. The van der Waals surface area contributed by atoms with Crippen LogP contribution >= 0.6 is 45.2 Å². The first kappa shape index (κ1) is 22.2. The van der Waals surface area contributed by atoms with Crippen molar-refractivity contribution in [1.29, 1.82) is 5.26 Å². The van der Waals surface area contributed by atoms with Crippen LogP contribution in [0.15, 0.2) is 54.6 Å². The van der Waals surface area contributed by atoms with E-state index in [4.69, 9.17) is 9.47 Å². The molecule has 0 atom stereocenters. The molecule has 0 aliphatic carbocycles. The largest absolute Gasteiger partial charge is 0.494 e. The van der Waals surface area contributed by atoms with Gasteiger partial charge in [-0.25, -0.2) is 0 Å². The Kier molecular flexibility index (Phi) is 8.79. The van der Waals surface area contributed by atoms with E-state index in [9.17, 15) is 10.1 Å². The number of carbonyl (C=O) groups excluding carboxylic acids is 1. The number of benzene rings is 2. The summed E-state index contributed by atoms with van der Waals surface area (Å²) in [7, 11) is 0. The highest BCUT2D eigenvalue weighted by molar-refractivity contribution is 14.1. The lowest BCUT2D eigenvalue weighted by Crippen LogP contribution is -2.13. The molecule has 5 nitrogen and oxygen atoms in total. The molecule has 2 aromatic carbocycles. The van der Waals surface area contributed by atoms with Gasteiger partial charge in [0.15, 0.2) is 0 Å². The van der Waals surface area contributed by atoms with Crippen molar-refractivity contribution in [3.05, 3.63) is 67.3 Å². The van der Waals surface area contributed by atoms with E-state index in [1.165, 1.54) is 0 Å². The quantitative estimate of drug-likeness (QED) is 0.191. The number of nitrogens with zero attached hydrogens (tertiary/aromatic N) is 1. The number of nitrogens with one attached hydrogen (secondary N) is 1. The average molecular weight is 600 g/mol. The van der Waals surface area contributed by atoms with E-state index in [1.807, 2.05) is 25.1 Å². The van der Waals surface area contributed by atoms with Gasteiger partial charge in [-0.15, -0.1) is 0 Å². The third kappa shape index (κ3) is 6.24. The summed E-state index contributed by atoms with van der Waals surface area (Å²) in [4.78, 5) is 12.5. The fourth-order valence-electron chi connectivity index (χ4n) is 2.26. The van der Waals surface area contributed by atoms with Crippen LogP contribution in [0.3, 0.4) is 0 Å². The van der Waals surface area contributed by atoms with Crippen molar-refractivity contribution in [2.24, 2.45) is 0 Å². The van der Waals surface area contributed by atoms with Crippen molar-refractivity contribution in [2.45, 2.75) is 6.92 Å². The zero-order chi connectivity index (χ0) is 20.5. The number of anilines is 1. The van der Waals surface area contributed by atoms with Gasteiger partial charge in [0.1, 0.15) is 29.7 Å². The van der Waals surface area contributed by atoms with Crippen molar-refractivity contribution in [2.75, 3.05) is 18.5 Å². The second-order valence-corrected chi connectivity index (χ2v) is 7.82. The Morgan fingerprint density at radius 1 is 1.21 bits per heavy atom. The zero-order valence-corrected chi connectivity index (χ0v) is 19.5. The lowest BCUT2D eigenvalue weighted by Gasteiger charge is -2.10. The van der Waals surface area contributed by atoms with Gasteiger partial charge in [-0.05, 0) is 100 Å². The molecular formula is C21H18I2N2O3. The molecule has 0 aliphatic rings. The first-order valence-corrected chi connectivity index (χ1v) is 10.5. The van der Waals surface area contributed by atoms with Crippen LogP contribution < -0.4 is 14.8 Å². The van der Waals surface area contributed by atoms with Crippen molar-refractivity contribution in [1.82, 2.24) is 0 Å². The van der Waals surface area contributed by atoms with Crippen molar-refractivity contribution < 1.29 is 14.3 Å². The first-order valence-electron chi connectivity index (χ1n) is 8.37. The van der Waals surface area contributed by atoms with E-state index in [0.29, 0.717) is 18.9 Å². The van der Waals surface area contributed by atoms with Gasteiger partial charge < -0.3 is 14.8 Å². The Hall–Kier alpha value is -2.06. The molecule has 0 aromatic heterocycles. The fourth-order valence-corrected chi connectivity index (χ4v) is 4.39. The molecule has 7 heteroatoms. The van der Waals surface area contributed by atoms with Gasteiger partial charge >= 0.3 is 0 Å². The van der Waals surface area contributed by atoms with Gasteiger partial charge in [-0.2, -0.15) is 5.26 Å². The molecule has 28 heavy (non-hydrogen) atoms. The molecule has 0 heterocycles. The number of hydrogen-bond acceptors (Lipinski definition) is 4. The summed E-state index contributed by atoms with van der Waals surface area (Å²) < 4.78 is 12.8. The Morgan fingerprint density at radius 3 is 2.39 bits per heavy atom. The van der Waals surface area contributed by atoms with Gasteiger partial charge in [-0.1, -0.05) is 12.7 Å². The number of hydrogen-bond donors (Lipinski definition) is 1. The second-order valence-electron chi connectivity index (χ2n) is 5.49. The van der Waals surface area contributed by atoms with Gasteiger partial charge in [0, 0.05) is 5.69 Å². The van der Waals surface area contributed by atoms with E-state index in [2.05, 4.69) is 57.1 Å². The number of amides is 1. The summed E-state index contributed by atoms with van der Waals surface area (Å²) in [6.45, 7) is 6.53. The summed E-state index contributed by atoms with van der Waals surface area (Å²) in [5.74, 6) is 1.01. The van der Waals surface area contributed by atoms with Gasteiger partial charge in [0.05, 0.1) is 13.7 Å². The Labute approximate surface area is 191 Å². The highest BCUT2D eigenvalue weighted by Gasteiger charge is 2.12. The molecule has 0 aliphatic heterocycles. The maximum Gasteiger partial charge on any atom is 0.266 e. The van der Waals surface area contributed by atoms with Gasteiger partial charge in [-0.3, -0.25) is 4.79 Å². The maximum atomic E-state index is 12.5. The molecule has 1 amide bonds. The van der Waals surface area contributed by atoms with Crippen LogP contribution in [0.4, 0.5) is 5.69 Å². The molecule has 0 unspecified atom stereocenters. The normalized spacial score (nSPS) is 10.7. The van der Waals surface area contributed by atoms with Crippen LogP contribution in [0.5, 0.6) is 11.5 Å². The predicted octanol–water partition coefficient (Wildman–Crippen LogP) is 5.40. The number of carbonyl (C=O) groups is 1. The maximum absolute atomic E-state index is 12.5. The SMILES string of the molecule is C=CCOc1c(I)cc(/C=C(/C#N)C(=O)Nc2ccc(OCC)cc2)cc1I. The minimum atomic E-state index is -0.469. The van der Waals surface area contributed by atoms with Crippen LogP contribution in [0.25, 0.3) is 6.08 Å². The molecule has 0 radical (unpaired) electrons. The number of rotatable bonds is 8. The Morgan fingerprint density at radius 2 is 1.86 bits per heavy atom. The summed E-state index contributed by atoms with van der Waals surface area (Å²) >= 11 is 4.33. The molecule has 0 spiro atoms. The van der Waals surface area contributed by atoms with E-state index >= 15 is 0 Å². The fraction of sp³-hybridized carbons (Fsp3) is 0.143. The third-order valence-electron chi connectivity index (χ3n) is 3.47. The predicted molar refractivity (Wildman–Crippen MR) is 127 cm³/mol. The van der Waals surface area contributed by atoms with Crippen LogP contribution in [0.1, 0.15) is 12.5 Å². The summed E-state index contributed by atoms with van der Waals surface area (Å²) in [5.41, 5.74) is 1.35. The minimum absolute atomic E-state index is 0.0141. The smallest absolute Gasteiger partial charge is 0.266 e. The average Bonchev–Trinajstić information content (AvgIpc) is 2.67. The third-order valence-corrected chi connectivity index (χ3v) is 5.07. The highest BCUT2D eigenvalue weighted by Crippen LogP contribution is 2.30. The summed E-state index contributed by atoms with van der Waals surface area (Å²) in [6, 6.07) is 12.7. The minimum Gasteiger partial charge on any atom is -0.494 e. The van der Waals surface area contributed by atoms with E-state index in [1.54, 1.807) is 36.4 Å². The molecule has 0 saturated carbocycles. The van der Waals surface area contributed by atoms with Crippen LogP contribution in [-0.4, -0.2) is 19.1 Å². The molecule has 2 rings (SSSR count). The lowest BCUT2D eigenvalue weighted by atomic mass is 10.1. The topological polar surface area (TPSA) is 71.3 Å². The lowest BCUT2D eigenvalue weighted by molar-refractivity contribution is -0.112. The molecule has 144 valence electrons. The second kappa shape index (κ2) is 11.1. The van der Waals surface area contributed by atoms with E-state index in [0.717, 1.165) is 24.2 Å². The molecule has 2 aromatic rings. The van der Waals surface area contributed by atoms with Crippen LogP contribution in [0.2, 0.25) is 0 Å². The standard InChI is InChI=1S/C21H18I2N2O3/c1-3-9-28-20-18(22)11-14(12-19(20)23)10-15(13-24)21(26)25-16-5-7-17(8-6-16)27-4-2/h3,5-8,10-12H,1,4,9H2,2H3,(H,25,26)/b15-10-. The monoisotopic (exact) mass is 600 g/mol. The van der Waals surface area contributed by atoms with Crippen LogP contribution in [0, 0.1) is 18.5 Å². The van der Waals surface area contributed by atoms with Crippen molar-refractivity contribution in [3.8, 4) is 17.6 Å². The van der Waals surface area contributed by atoms with Crippen LogP contribution in [-0.2, 0) is 4.79 Å². The Balaban J connectivity index is 2.19. The molecule has 0 saturated heterocycles. The van der Waals surface area contributed by atoms with Crippen molar-refractivity contribution in [3.63, 3.8) is 0 Å².